The molecule has 2 unspecified atom stereocenters. The Morgan fingerprint density at radius 1 is 1.14 bits per heavy atom. The second-order valence-electron chi connectivity index (χ2n) is 9.68. The number of hydrogen-bond acceptors (Lipinski definition) is 4. The van der Waals surface area contributed by atoms with Gasteiger partial charge in [0.1, 0.15) is 0 Å². The average Bonchev–Trinajstić information content (AvgIpc) is 2.51. The van der Waals surface area contributed by atoms with E-state index in [1.54, 1.807) is 12.1 Å². The van der Waals surface area contributed by atoms with Crippen molar-refractivity contribution in [2.45, 2.75) is 77.5 Å². The van der Waals surface area contributed by atoms with Crippen LogP contribution in [-0.4, -0.2) is 49.5 Å². The number of morpholine rings is 1. The highest BCUT2D eigenvalue weighted by Crippen LogP contribution is 2.27. The summed E-state index contributed by atoms with van der Waals surface area (Å²) in [5.41, 5.74) is 0.00254. The van der Waals surface area contributed by atoms with E-state index in [1.165, 1.54) is 16.4 Å². The molecule has 1 aromatic carbocycles. The summed E-state index contributed by atoms with van der Waals surface area (Å²) in [7, 11) is -3.68. The monoisotopic (exact) mass is 410 g/mol. The molecule has 1 fully saturated rings. The summed E-state index contributed by atoms with van der Waals surface area (Å²) in [4.78, 5) is 12.9. The van der Waals surface area contributed by atoms with Crippen molar-refractivity contribution in [1.82, 2.24) is 9.62 Å². The lowest BCUT2D eigenvalue weighted by atomic mass is 9.81. The maximum atomic E-state index is 13.1. The molecule has 7 heteroatoms. The first-order valence-corrected chi connectivity index (χ1v) is 11.2. The van der Waals surface area contributed by atoms with E-state index in [0.29, 0.717) is 18.7 Å². The lowest BCUT2D eigenvalue weighted by molar-refractivity contribution is -0.0440. The average molecular weight is 411 g/mol. The normalized spacial score (nSPS) is 22.1. The molecule has 2 rings (SSSR count). The minimum Gasteiger partial charge on any atom is -0.373 e. The summed E-state index contributed by atoms with van der Waals surface area (Å²) in [6.07, 6.45) is 0.471. The Balaban J connectivity index is 2.22. The summed E-state index contributed by atoms with van der Waals surface area (Å²) in [6.45, 7) is 14.7. The Morgan fingerprint density at radius 3 is 2.25 bits per heavy atom. The highest BCUT2D eigenvalue weighted by molar-refractivity contribution is 7.89. The van der Waals surface area contributed by atoms with Crippen molar-refractivity contribution < 1.29 is 17.9 Å². The maximum Gasteiger partial charge on any atom is 0.251 e. The number of nitrogens with one attached hydrogen (secondary N) is 1. The molecule has 0 aliphatic carbocycles. The number of rotatable bonds is 5. The minimum atomic E-state index is -3.68. The molecule has 2 atom stereocenters. The number of nitrogens with zero attached hydrogens (tertiary/aromatic N) is 1. The Bertz CT molecular complexity index is 802. The van der Waals surface area contributed by atoms with E-state index >= 15 is 0 Å². The fourth-order valence-electron chi connectivity index (χ4n) is 4.02. The summed E-state index contributed by atoms with van der Waals surface area (Å²) in [6, 6.07) is 6.26. The number of amides is 1. The van der Waals surface area contributed by atoms with Crippen LogP contribution in [0.3, 0.4) is 0 Å². The second-order valence-corrected chi connectivity index (χ2v) is 11.6. The van der Waals surface area contributed by atoms with E-state index in [-0.39, 0.29) is 28.4 Å². The summed E-state index contributed by atoms with van der Waals surface area (Å²) in [5.74, 6) is -0.269. The van der Waals surface area contributed by atoms with Crippen molar-refractivity contribution in [1.29, 1.82) is 0 Å². The smallest absolute Gasteiger partial charge is 0.251 e. The van der Waals surface area contributed by atoms with Gasteiger partial charge >= 0.3 is 0 Å². The number of ether oxygens (including phenoxy) is 1. The summed E-state index contributed by atoms with van der Waals surface area (Å²) < 4.78 is 33.2. The molecule has 28 heavy (non-hydrogen) atoms. The zero-order valence-electron chi connectivity index (χ0n) is 18.1. The molecule has 1 aliphatic heterocycles. The summed E-state index contributed by atoms with van der Waals surface area (Å²) in [5, 5.41) is 3.03. The molecule has 0 aromatic heterocycles. The first-order chi connectivity index (χ1) is 12.7. The van der Waals surface area contributed by atoms with Crippen LogP contribution >= 0.6 is 0 Å². The molecule has 1 heterocycles. The van der Waals surface area contributed by atoms with E-state index in [0.717, 1.165) is 6.42 Å². The van der Waals surface area contributed by atoms with Gasteiger partial charge in [-0.15, -0.1) is 0 Å². The van der Waals surface area contributed by atoms with Gasteiger partial charge in [-0.2, -0.15) is 4.31 Å². The number of carbonyl (C=O) groups is 1. The highest BCUT2D eigenvalue weighted by atomic mass is 32.2. The van der Waals surface area contributed by atoms with Crippen molar-refractivity contribution >= 4 is 15.9 Å². The molecule has 0 bridgehead atoms. The zero-order chi connectivity index (χ0) is 21.3. The second kappa shape index (κ2) is 8.13. The quantitative estimate of drug-likeness (QED) is 0.807. The van der Waals surface area contributed by atoms with Crippen LogP contribution in [0.1, 0.15) is 65.2 Å². The largest absolute Gasteiger partial charge is 0.373 e. The third-order valence-electron chi connectivity index (χ3n) is 4.54. The van der Waals surface area contributed by atoms with Crippen molar-refractivity contribution in [3.63, 3.8) is 0 Å². The molecule has 1 amide bonds. The topological polar surface area (TPSA) is 75.7 Å². The van der Waals surface area contributed by atoms with Crippen LogP contribution in [0.2, 0.25) is 0 Å². The van der Waals surface area contributed by atoms with Crippen LogP contribution in [0.5, 0.6) is 0 Å². The Kier molecular flexibility index (Phi) is 6.63. The third-order valence-corrected chi connectivity index (χ3v) is 6.37. The predicted molar refractivity (Wildman–Crippen MR) is 111 cm³/mol. The molecule has 1 saturated heterocycles. The summed E-state index contributed by atoms with van der Waals surface area (Å²) >= 11 is 0. The van der Waals surface area contributed by atoms with Gasteiger partial charge in [0.2, 0.25) is 10.0 Å². The number of carbonyl (C=O) groups excluding carboxylic acids is 1. The van der Waals surface area contributed by atoms with Gasteiger partial charge < -0.3 is 10.1 Å². The minimum absolute atomic E-state index is 0.0612. The van der Waals surface area contributed by atoms with Crippen molar-refractivity contribution in [3.05, 3.63) is 29.8 Å². The lowest BCUT2D eigenvalue weighted by Crippen LogP contribution is -2.48. The van der Waals surface area contributed by atoms with E-state index in [1.807, 2.05) is 27.7 Å². The van der Waals surface area contributed by atoms with E-state index < -0.39 is 15.6 Å². The van der Waals surface area contributed by atoms with Gasteiger partial charge in [-0.25, -0.2) is 8.42 Å². The van der Waals surface area contributed by atoms with Crippen LogP contribution in [0, 0.1) is 5.41 Å². The molecule has 1 aliphatic rings. The molecule has 0 spiro atoms. The van der Waals surface area contributed by atoms with Gasteiger partial charge in [-0.05, 0) is 57.7 Å². The van der Waals surface area contributed by atoms with Gasteiger partial charge in [0.15, 0.2) is 0 Å². The SMILES string of the molecule is CC1CN(S(=O)(=O)c2cccc(C(=O)NC(C)(C)CC(C)(C)C)c2)CC(C)O1. The molecule has 158 valence electrons. The number of sulfonamides is 1. The Hall–Kier alpha value is -1.44. The van der Waals surface area contributed by atoms with Crippen molar-refractivity contribution in [3.8, 4) is 0 Å². The van der Waals surface area contributed by atoms with Crippen molar-refractivity contribution in [2.24, 2.45) is 5.41 Å². The Labute approximate surface area is 169 Å². The standard InChI is InChI=1S/C21H34N2O4S/c1-15-12-23(13-16(2)27-15)28(25,26)18-10-8-9-17(11-18)19(24)22-21(6,7)14-20(3,4)5/h8-11,15-16H,12-14H2,1-7H3,(H,22,24). The molecule has 1 N–H and O–H groups in total. The van der Waals surface area contributed by atoms with Gasteiger partial charge in [0.05, 0.1) is 17.1 Å². The Morgan fingerprint density at radius 2 is 1.71 bits per heavy atom. The molecular weight excluding hydrogens is 376 g/mol. The van der Waals surface area contributed by atoms with Crippen LogP contribution in [0.25, 0.3) is 0 Å². The maximum absolute atomic E-state index is 13.1. The van der Waals surface area contributed by atoms with Gasteiger partial charge in [0, 0.05) is 24.2 Å². The van der Waals surface area contributed by atoms with E-state index in [4.69, 9.17) is 4.74 Å². The molecule has 0 saturated carbocycles. The third kappa shape index (κ3) is 6.03. The van der Waals surface area contributed by atoms with Crippen LogP contribution < -0.4 is 5.32 Å². The first-order valence-electron chi connectivity index (χ1n) is 9.78. The van der Waals surface area contributed by atoms with E-state index in [9.17, 15) is 13.2 Å². The van der Waals surface area contributed by atoms with Crippen LogP contribution in [0.15, 0.2) is 29.2 Å². The fraction of sp³-hybridized carbons (Fsp3) is 0.667. The fourth-order valence-corrected chi connectivity index (χ4v) is 5.66. The molecule has 0 radical (unpaired) electrons. The molecule has 6 nitrogen and oxygen atoms in total. The van der Waals surface area contributed by atoms with Crippen LogP contribution in [0.4, 0.5) is 0 Å². The van der Waals surface area contributed by atoms with Crippen LogP contribution in [-0.2, 0) is 14.8 Å². The molecular formula is C21H34N2O4S. The van der Waals surface area contributed by atoms with E-state index in [2.05, 4.69) is 26.1 Å². The molecule has 1 aromatic rings. The highest BCUT2D eigenvalue weighted by Gasteiger charge is 2.33. The predicted octanol–water partition coefficient (Wildman–Crippen LogP) is 3.43. The lowest BCUT2D eigenvalue weighted by Gasteiger charge is -2.34. The van der Waals surface area contributed by atoms with Gasteiger partial charge in [-0.1, -0.05) is 26.8 Å². The first kappa shape index (κ1) is 22.8. The van der Waals surface area contributed by atoms with Gasteiger partial charge in [-0.3, -0.25) is 4.79 Å². The van der Waals surface area contributed by atoms with Gasteiger partial charge in [0.25, 0.3) is 5.91 Å². The van der Waals surface area contributed by atoms with Crippen molar-refractivity contribution in [2.75, 3.05) is 13.1 Å². The number of hydrogen-bond donors (Lipinski definition) is 1. The zero-order valence-corrected chi connectivity index (χ0v) is 18.9. The number of benzene rings is 1.